The number of aromatic nitrogens is 2. The van der Waals surface area contributed by atoms with Crippen LogP contribution in [0.4, 0.5) is 0 Å². The normalized spacial score (nSPS) is 23.9. The SMILES string of the molecule is CCc1nc(C2CCC(C)CC2)ncc1C(=O)O. The number of aryl methyl sites for hydroxylation is 1. The Morgan fingerprint density at radius 3 is 2.61 bits per heavy atom. The summed E-state index contributed by atoms with van der Waals surface area (Å²) < 4.78 is 0. The van der Waals surface area contributed by atoms with Gasteiger partial charge in [0.1, 0.15) is 5.82 Å². The van der Waals surface area contributed by atoms with Gasteiger partial charge in [0.2, 0.25) is 0 Å². The van der Waals surface area contributed by atoms with Crippen LogP contribution in [-0.4, -0.2) is 21.0 Å². The molecule has 4 heteroatoms. The first kappa shape index (κ1) is 13.0. The molecule has 1 aliphatic carbocycles. The highest BCUT2D eigenvalue weighted by atomic mass is 16.4. The molecule has 0 saturated heterocycles. The third-order valence-corrected chi connectivity index (χ3v) is 3.83. The number of nitrogens with zero attached hydrogens (tertiary/aromatic N) is 2. The molecule has 0 aromatic carbocycles. The lowest BCUT2D eigenvalue weighted by Gasteiger charge is -2.25. The van der Waals surface area contributed by atoms with E-state index in [4.69, 9.17) is 5.11 Å². The molecule has 0 atom stereocenters. The maximum Gasteiger partial charge on any atom is 0.339 e. The molecule has 2 rings (SSSR count). The van der Waals surface area contributed by atoms with E-state index in [9.17, 15) is 4.79 Å². The first-order valence-corrected chi connectivity index (χ1v) is 6.71. The van der Waals surface area contributed by atoms with Gasteiger partial charge in [-0.1, -0.05) is 26.7 Å². The standard InChI is InChI=1S/C14H20N2O2/c1-3-12-11(14(17)18)8-15-13(16-12)10-6-4-9(2)5-7-10/h8-10H,3-7H2,1-2H3,(H,17,18). The Balaban J connectivity index is 2.22. The second kappa shape index (κ2) is 5.46. The van der Waals surface area contributed by atoms with E-state index in [-0.39, 0.29) is 5.56 Å². The molecule has 18 heavy (non-hydrogen) atoms. The van der Waals surface area contributed by atoms with E-state index in [1.165, 1.54) is 19.0 Å². The van der Waals surface area contributed by atoms with E-state index in [0.717, 1.165) is 24.6 Å². The van der Waals surface area contributed by atoms with Gasteiger partial charge in [0.15, 0.2) is 0 Å². The van der Waals surface area contributed by atoms with Gasteiger partial charge in [0.25, 0.3) is 0 Å². The molecule has 1 heterocycles. The number of aromatic carboxylic acids is 1. The lowest BCUT2D eigenvalue weighted by atomic mass is 9.82. The van der Waals surface area contributed by atoms with Crippen molar-refractivity contribution in [3.8, 4) is 0 Å². The number of hydrogen-bond acceptors (Lipinski definition) is 3. The third kappa shape index (κ3) is 2.68. The molecule has 98 valence electrons. The summed E-state index contributed by atoms with van der Waals surface area (Å²) in [5, 5.41) is 9.05. The first-order chi connectivity index (χ1) is 8.61. The molecule has 1 aromatic rings. The summed E-state index contributed by atoms with van der Waals surface area (Å²) in [5.41, 5.74) is 0.900. The number of hydrogen-bond donors (Lipinski definition) is 1. The lowest BCUT2D eigenvalue weighted by molar-refractivity contribution is 0.0694. The van der Waals surface area contributed by atoms with E-state index in [0.29, 0.717) is 18.0 Å². The van der Waals surface area contributed by atoms with Gasteiger partial charge in [-0.15, -0.1) is 0 Å². The van der Waals surface area contributed by atoms with Crippen LogP contribution in [0.3, 0.4) is 0 Å². The van der Waals surface area contributed by atoms with Crippen molar-refractivity contribution in [1.82, 2.24) is 9.97 Å². The summed E-state index contributed by atoms with van der Waals surface area (Å²) >= 11 is 0. The average Bonchev–Trinajstić information content (AvgIpc) is 2.38. The van der Waals surface area contributed by atoms with Gasteiger partial charge in [-0.2, -0.15) is 0 Å². The molecule has 1 aliphatic rings. The summed E-state index contributed by atoms with van der Waals surface area (Å²) in [6, 6.07) is 0. The Morgan fingerprint density at radius 1 is 1.39 bits per heavy atom. The average molecular weight is 248 g/mol. The fraction of sp³-hybridized carbons (Fsp3) is 0.643. The molecule has 1 aromatic heterocycles. The zero-order valence-electron chi connectivity index (χ0n) is 11.0. The molecular weight excluding hydrogens is 228 g/mol. The van der Waals surface area contributed by atoms with Crippen LogP contribution >= 0.6 is 0 Å². The quantitative estimate of drug-likeness (QED) is 0.893. The second-order valence-corrected chi connectivity index (χ2v) is 5.20. The highest BCUT2D eigenvalue weighted by molar-refractivity contribution is 5.88. The van der Waals surface area contributed by atoms with Crippen LogP contribution in [0.5, 0.6) is 0 Å². The van der Waals surface area contributed by atoms with Crippen LogP contribution in [0, 0.1) is 5.92 Å². The highest BCUT2D eigenvalue weighted by Gasteiger charge is 2.23. The molecule has 4 nitrogen and oxygen atoms in total. The predicted octanol–water partition coefficient (Wildman–Crippen LogP) is 3.03. The predicted molar refractivity (Wildman–Crippen MR) is 68.7 cm³/mol. The van der Waals surface area contributed by atoms with Gasteiger partial charge in [-0.3, -0.25) is 0 Å². The van der Waals surface area contributed by atoms with Gasteiger partial charge < -0.3 is 5.11 Å². The fourth-order valence-corrected chi connectivity index (χ4v) is 2.60. The minimum atomic E-state index is -0.935. The highest BCUT2D eigenvalue weighted by Crippen LogP contribution is 2.33. The molecule has 1 N–H and O–H groups in total. The van der Waals surface area contributed by atoms with Crippen LogP contribution < -0.4 is 0 Å². The molecule has 1 fully saturated rings. The van der Waals surface area contributed by atoms with E-state index >= 15 is 0 Å². The third-order valence-electron chi connectivity index (χ3n) is 3.83. The molecular formula is C14H20N2O2. The number of carbonyl (C=O) groups is 1. The maximum absolute atomic E-state index is 11.0. The van der Waals surface area contributed by atoms with Crippen molar-refractivity contribution >= 4 is 5.97 Å². The Kier molecular flexibility index (Phi) is 3.94. The number of rotatable bonds is 3. The van der Waals surface area contributed by atoms with Crippen molar-refractivity contribution in [2.75, 3.05) is 0 Å². The Morgan fingerprint density at radius 2 is 2.06 bits per heavy atom. The molecule has 0 aliphatic heterocycles. The fourth-order valence-electron chi connectivity index (χ4n) is 2.60. The van der Waals surface area contributed by atoms with Gasteiger partial charge in [-0.05, 0) is 25.2 Å². The van der Waals surface area contributed by atoms with Crippen molar-refractivity contribution in [3.05, 3.63) is 23.3 Å². The molecule has 0 radical (unpaired) electrons. The second-order valence-electron chi connectivity index (χ2n) is 5.20. The topological polar surface area (TPSA) is 63.1 Å². The van der Waals surface area contributed by atoms with Crippen molar-refractivity contribution in [2.45, 2.75) is 51.9 Å². The molecule has 1 saturated carbocycles. The number of carboxylic acids is 1. The van der Waals surface area contributed by atoms with E-state index in [2.05, 4.69) is 16.9 Å². The minimum Gasteiger partial charge on any atom is -0.478 e. The Bertz CT molecular complexity index is 437. The molecule has 0 amide bonds. The summed E-state index contributed by atoms with van der Waals surface area (Å²) in [7, 11) is 0. The zero-order chi connectivity index (χ0) is 13.1. The van der Waals surface area contributed by atoms with Crippen molar-refractivity contribution in [1.29, 1.82) is 0 Å². The van der Waals surface area contributed by atoms with E-state index in [1.54, 1.807) is 0 Å². The van der Waals surface area contributed by atoms with Gasteiger partial charge in [0.05, 0.1) is 11.3 Å². The van der Waals surface area contributed by atoms with Crippen LogP contribution in [-0.2, 0) is 6.42 Å². The van der Waals surface area contributed by atoms with Crippen LogP contribution in [0.2, 0.25) is 0 Å². The van der Waals surface area contributed by atoms with Crippen LogP contribution in [0.1, 0.15) is 67.3 Å². The largest absolute Gasteiger partial charge is 0.478 e. The van der Waals surface area contributed by atoms with Gasteiger partial charge in [0, 0.05) is 12.1 Å². The Labute approximate surface area is 107 Å². The minimum absolute atomic E-state index is 0.241. The summed E-state index contributed by atoms with van der Waals surface area (Å²) in [6.45, 7) is 4.21. The maximum atomic E-state index is 11.0. The van der Waals surface area contributed by atoms with Crippen molar-refractivity contribution < 1.29 is 9.90 Å². The summed E-state index contributed by atoms with van der Waals surface area (Å²) in [6.07, 6.45) is 6.79. The van der Waals surface area contributed by atoms with Gasteiger partial charge in [-0.25, -0.2) is 14.8 Å². The smallest absolute Gasteiger partial charge is 0.339 e. The lowest BCUT2D eigenvalue weighted by Crippen LogP contribution is -2.16. The molecule has 0 unspecified atom stereocenters. The first-order valence-electron chi connectivity index (χ1n) is 6.71. The Hall–Kier alpha value is -1.45. The van der Waals surface area contributed by atoms with Crippen molar-refractivity contribution in [3.63, 3.8) is 0 Å². The zero-order valence-corrected chi connectivity index (χ0v) is 11.0. The number of carboxylic acid groups (broad SMARTS) is 1. The van der Waals surface area contributed by atoms with Crippen molar-refractivity contribution in [2.24, 2.45) is 5.92 Å². The summed E-state index contributed by atoms with van der Waals surface area (Å²) in [5.74, 6) is 1.11. The molecule has 0 spiro atoms. The van der Waals surface area contributed by atoms with E-state index < -0.39 is 5.97 Å². The van der Waals surface area contributed by atoms with Crippen LogP contribution in [0.25, 0.3) is 0 Å². The van der Waals surface area contributed by atoms with Gasteiger partial charge >= 0.3 is 5.97 Å². The van der Waals surface area contributed by atoms with Crippen LogP contribution in [0.15, 0.2) is 6.20 Å². The van der Waals surface area contributed by atoms with E-state index in [1.807, 2.05) is 6.92 Å². The summed E-state index contributed by atoms with van der Waals surface area (Å²) in [4.78, 5) is 19.8. The monoisotopic (exact) mass is 248 g/mol. The molecule has 0 bridgehead atoms.